The molecule has 0 spiro atoms. The predicted octanol–water partition coefficient (Wildman–Crippen LogP) is 7.61. The number of methoxy groups -OCH3 is 1. The van der Waals surface area contributed by atoms with Gasteiger partial charge in [-0.3, -0.25) is 0 Å². The molecule has 6 aromatic rings. The fourth-order valence-corrected chi connectivity index (χ4v) is 4.29. The van der Waals surface area contributed by atoms with E-state index < -0.39 is 0 Å². The fourth-order valence-electron chi connectivity index (χ4n) is 3.81. The number of halogens is 2. The molecule has 2 heterocycles. The van der Waals surface area contributed by atoms with Crippen LogP contribution in [0.2, 0.25) is 10.3 Å². The number of fused-ring (bicyclic) bond motifs is 2. The largest absolute Gasteiger partial charge is 0.507 e. The third kappa shape index (κ3) is 5.16. The topological polar surface area (TPSA) is 81.0 Å². The van der Waals surface area contributed by atoms with Gasteiger partial charge >= 0.3 is 0 Å². The molecule has 0 radical (unpaired) electrons. The summed E-state index contributed by atoms with van der Waals surface area (Å²) in [6.07, 6.45) is 0. The number of hydrogen-bond acceptors (Lipinski definition) is 6. The lowest BCUT2D eigenvalue weighted by molar-refractivity contribution is 0.416. The number of aromatic nitrogens is 4. The number of nitrogens with zero attached hydrogens (tertiary/aromatic N) is 4. The second-order valence-corrected chi connectivity index (χ2v) is 8.64. The molecule has 6 nitrogen and oxygen atoms in total. The van der Waals surface area contributed by atoms with E-state index in [1.165, 1.54) is 0 Å². The molecule has 0 saturated carbocycles. The van der Waals surface area contributed by atoms with Gasteiger partial charge in [0.15, 0.2) is 11.6 Å². The molecule has 0 atom stereocenters. The van der Waals surface area contributed by atoms with Crippen LogP contribution in [0.1, 0.15) is 0 Å². The van der Waals surface area contributed by atoms with Crippen molar-refractivity contribution in [2.24, 2.45) is 0 Å². The summed E-state index contributed by atoms with van der Waals surface area (Å²) in [5, 5.41) is 12.3. The van der Waals surface area contributed by atoms with E-state index in [9.17, 15) is 5.11 Å². The summed E-state index contributed by atoms with van der Waals surface area (Å²) in [4.78, 5) is 17.5. The maximum Gasteiger partial charge on any atom is 0.165 e. The molecule has 182 valence electrons. The molecular formula is C29H20Cl2N4O2. The maximum absolute atomic E-state index is 9.80. The van der Waals surface area contributed by atoms with Crippen LogP contribution in [-0.4, -0.2) is 32.2 Å². The zero-order chi connectivity index (χ0) is 25.8. The van der Waals surface area contributed by atoms with Gasteiger partial charge in [-0.15, -0.1) is 0 Å². The number of phenols is 1. The number of para-hydroxylation sites is 4. The number of hydrogen-bond donors (Lipinski definition) is 1. The summed E-state index contributed by atoms with van der Waals surface area (Å²) in [6, 6.07) is 29.7. The zero-order valence-electron chi connectivity index (χ0n) is 19.6. The molecule has 0 fully saturated rings. The first-order chi connectivity index (χ1) is 18.0. The lowest BCUT2D eigenvalue weighted by Crippen LogP contribution is -1.94. The van der Waals surface area contributed by atoms with Crippen LogP contribution < -0.4 is 4.74 Å². The second kappa shape index (κ2) is 10.8. The van der Waals surface area contributed by atoms with E-state index in [0.717, 1.165) is 33.1 Å². The monoisotopic (exact) mass is 526 g/mol. The van der Waals surface area contributed by atoms with Crippen molar-refractivity contribution in [3.05, 3.63) is 107 Å². The van der Waals surface area contributed by atoms with Crippen LogP contribution in [0.25, 0.3) is 44.6 Å². The molecule has 8 heteroatoms. The molecular weight excluding hydrogens is 507 g/mol. The normalized spacial score (nSPS) is 10.7. The Kier molecular flexibility index (Phi) is 7.12. The highest BCUT2D eigenvalue weighted by atomic mass is 35.5. The van der Waals surface area contributed by atoms with Crippen LogP contribution in [0.5, 0.6) is 11.5 Å². The summed E-state index contributed by atoms with van der Waals surface area (Å²) in [7, 11) is 1.63. The van der Waals surface area contributed by atoms with Crippen LogP contribution in [0.15, 0.2) is 97.1 Å². The van der Waals surface area contributed by atoms with Gasteiger partial charge in [-0.25, -0.2) is 19.9 Å². The Labute approximate surface area is 223 Å². The van der Waals surface area contributed by atoms with E-state index in [-0.39, 0.29) is 5.75 Å². The van der Waals surface area contributed by atoms with Crippen molar-refractivity contribution in [1.29, 1.82) is 0 Å². The van der Waals surface area contributed by atoms with Gasteiger partial charge in [-0.2, -0.15) is 0 Å². The SMILES string of the molecule is COc1ccccc1-c1nc(Cl)c2ccccc2n1.Oc1ccccc1-c1nc(Cl)c2ccccc2n1. The Balaban J connectivity index is 0.000000152. The van der Waals surface area contributed by atoms with E-state index in [1.807, 2.05) is 78.9 Å². The lowest BCUT2D eigenvalue weighted by atomic mass is 10.1. The van der Waals surface area contributed by atoms with Crippen molar-refractivity contribution in [1.82, 2.24) is 19.9 Å². The van der Waals surface area contributed by atoms with Crippen molar-refractivity contribution in [2.45, 2.75) is 0 Å². The van der Waals surface area contributed by atoms with Crippen molar-refractivity contribution >= 4 is 45.0 Å². The first-order valence-corrected chi connectivity index (χ1v) is 12.1. The molecule has 0 aliphatic rings. The average molecular weight is 527 g/mol. The third-order valence-corrected chi connectivity index (χ3v) is 6.18. The van der Waals surface area contributed by atoms with Gasteiger partial charge in [0.05, 0.1) is 29.3 Å². The standard InChI is InChI=1S/C15H11ClN2O.C14H9ClN2O/c1-19-13-9-5-3-7-11(13)15-17-12-8-4-2-6-10(12)14(16)18-15;15-13-9-5-1-3-7-11(9)16-14(17-13)10-6-2-4-8-12(10)18/h2-9H,1H3;1-8,18H. The Morgan fingerprint density at radius 3 is 1.59 bits per heavy atom. The molecule has 37 heavy (non-hydrogen) atoms. The molecule has 0 aliphatic carbocycles. The average Bonchev–Trinajstić information content (AvgIpc) is 2.93. The summed E-state index contributed by atoms with van der Waals surface area (Å²) in [5.41, 5.74) is 2.99. The number of ether oxygens (including phenoxy) is 1. The second-order valence-electron chi connectivity index (χ2n) is 7.93. The van der Waals surface area contributed by atoms with Crippen molar-refractivity contribution < 1.29 is 9.84 Å². The highest BCUT2D eigenvalue weighted by Crippen LogP contribution is 2.31. The van der Waals surface area contributed by atoms with E-state index in [0.29, 0.717) is 27.5 Å². The minimum absolute atomic E-state index is 0.142. The van der Waals surface area contributed by atoms with E-state index in [1.54, 1.807) is 25.3 Å². The molecule has 6 rings (SSSR count). The van der Waals surface area contributed by atoms with Gasteiger partial charge in [0.1, 0.15) is 21.8 Å². The highest BCUT2D eigenvalue weighted by Gasteiger charge is 2.12. The summed E-state index contributed by atoms with van der Waals surface area (Å²) >= 11 is 12.3. The number of benzene rings is 4. The van der Waals surface area contributed by atoms with E-state index >= 15 is 0 Å². The summed E-state index contributed by atoms with van der Waals surface area (Å²) in [6.45, 7) is 0. The van der Waals surface area contributed by atoms with Crippen LogP contribution in [0.3, 0.4) is 0 Å². The van der Waals surface area contributed by atoms with Crippen molar-refractivity contribution in [2.75, 3.05) is 7.11 Å². The third-order valence-electron chi connectivity index (χ3n) is 5.61. The first kappa shape index (κ1) is 24.4. The fraction of sp³-hybridized carbons (Fsp3) is 0.0345. The predicted molar refractivity (Wildman–Crippen MR) is 148 cm³/mol. The van der Waals surface area contributed by atoms with E-state index in [2.05, 4.69) is 19.9 Å². The quantitative estimate of drug-likeness (QED) is 0.239. The number of rotatable bonds is 3. The summed E-state index contributed by atoms with van der Waals surface area (Å²) < 4.78 is 5.33. The Bertz CT molecular complexity index is 1730. The van der Waals surface area contributed by atoms with Gasteiger partial charge in [0, 0.05) is 10.8 Å². The molecule has 0 aliphatic heterocycles. The minimum Gasteiger partial charge on any atom is -0.507 e. The minimum atomic E-state index is 0.142. The van der Waals surface area contributed by atoms with Gasteiger partial charge in [-0.05, 0) is 48.5 Å². The summed E-state index contributed by atoms with van der Waals surface area (Å²) in [5.74, 6) is 1.87. The number of phenolic OH excluding ortho intramolecular Hbond substituents is 1. The van der Waals surface area contributed by atoms with Gasteiger partial charge in [-0.1, -0.05) is 71.7 Å². The Morgan fingerprint density at radius 1 is 0.568 bits per heavy atom. The Morgan fingerprint density at radius 2 is 1.03 bits per heavy atom. The zero-order valence-corrected chi connectivity index (χ0v) is 21.1. The smallest absolute Gasteiger partial charge is 0.165 e. The number of aromatic hydroxyl groups is 1. The molecule has 0 bridgehead atoms. The van der Waals surface area contributed by atoms with Crippen molar-refractivity contribution in [3.63, 3.8) is 0 Å². The van der Waals surface area contributed by atoms with Crippen molar-refractivity contribution in [3.8, 4) is 34.3 Å². The molecule has 4 aromatic carbocycles. The van der Waals surface area contributed by atoms with Crippen LogP contribution in [0, 0.1) is 0 Å². The molecule has 2 aromatic heterocycles. The van der Waals surface area contributed by atoms with Crippen LogP contribution in [-0.2, 0) is 0 Å². The molecule has 0 unspecified atom stereocenters. The van der Waals surface area contributed by atoms with Crippen LogP contribution in [0.4, 0.5) is 0 Å². The molecule has 1 N–H and O–H groups in total. The molecule has 0 amide bonds. The lowest BCUT2D eigenvalue weighted by Gasteiger charge is -2.08. The van der Waals surface area contributed by atoms with Gasteiger partial charge in [0.2, 0.25) is 0 Å². The van der Waals surface area contributed by atoms with E-state index in [4.69, 9.17) is 27.9 Å². The van der Waals surface area contributed by atoms with Gasteiger partial charge in [0.25, 0.3) is 0 Å². The van der Waals surface area contributed by atoms with Gasteiger partial charge < -0.3 is 9.84 Å². The van der Waals surface area contributed by atoms with Crippen LogP contribution >= 0.6 is 23.2 Å². The maximum atomic E-state index is 9.80. The highest BCUT2D eigenvalue weighted by molar-refractivity contribution is 6.34. The Hall–Kier alpha value is -4.26. The first-order valence-electron chi connectivity index (χ1n) is 11.3. The molecule has 0 saturated heterocycles.